The number of carbonyl (C=O) groups excluding carboxylic acids is 1. The average Bonchev–Trinajstić information content (AvgIpc) is 3.49. The zero-order valence-electron chi connectivity index (χ0n) is 19.5. The summed E-state index contributed by atoms with van der Waals surface area (Å²) >= 11 is 1.53. The third kappa shape index (κ3) is 3.93. The number of hydrogen-bond donors (Lipinski definition) is 0. The second-order valence-electron chi connectivity index (χ2n) is 9.26. The molecule has 0 bridgehead atoms. The molecule has 178 valence electrons. The van der Waals surface area contributed by atoms with Crippen LogP contribution in [0.3, 0.4) is 0 Å². The molecule has 0 aliphatic carbocycles. The van der Waals surface area contributed by atoms with E-state index in [2.05, 4.69) is 10.1 Å². The molecule has 1 fully saturated rings. The van der Waals surface area contributed by atoms with E-state index in [-0.39, 0.29) is 30.0 Å². The Morgan fingerprint density at radius 1 is 1.17 bits per heavy atom. The maximum atomic E-state index is 13.5. The summed E-state index contributed by atoms with van der Waals surface area (Å²) in [5, 5.41) is 5.59. The molecule has 35 heavy (non-hydrogen) atoms. The van der Waals surface area contributed by atoms with E-state index < -0.39 is 0 Å². The van der Waals surface area contributed by atoms with Crippen molar-refractivity contribution in [3.05, 3.63) is 76.5 Å². The Morgan fingerprint density at radius 2 is 2.09 bits per heavy atom. The van der Waals surface area contributed by atoms with Crippen LogP contribution in [0.5, 0.6) is 0 Å². The summed E-state index contributed by atoms with van der Waals surface area (Å²) in [6.07, 6.45) is 8.52. The Hall–Kier alpha value is -3.46. The number of benzene rings is 1. The van der Waals surface area contributed by atoms with Crippen molar-refractivity contribution in [2.24, 2.45) is 0 Å². The van der Waals surface area contributed by atoms with Gasteiger partial charge in [-0.15, -0.1) is 0 Å². The Balaban J connectivity index is 1.30. The van der Waals surface area contributed by atoms with E-state index in [1.807, 2.05) is 54.4 Å². The third-order valence-corrected chi connectivity index (χ3v) is 8.02. The van der Waals surface area contributed by atoms with Crippen molar-refractivity contribution in [3.63, 3.8) is 0 Å². The van der Waals surface area contributed by atoms with Crippen LogP contribution in [-0.4, -0.2) is 47.4 Å². The number of pyridine rings is 1. The highest BCUT2D eigenvalue weighted by Gasteiger charge is 2.34. The lowest BCUT2D eigenvalue weighted by Gasteiger charge is -2.36. The molecule has 6 rings (SSSR count). The lowest BCUT2D eigenvalue weighted by Crippen LogP contribution is -2.40. The van der Waals surface area contributed by atoms with Crippen molar-refractivity contribution < 1.29 is 4.79 Å². The minimum atomic E-state index is -0.217. The SMILES string of the molecule is Cc1cccc(-n2ncc3c(=O)n4c(nc32)SCC4CC(=O)N2CCCCC2c2cccnc2)c1. The average molecular weight is 487 g/mol. The van der Waals surface area contributed by atoms with Crippen molar-refractivity contribution in [2.75, 3.05) is 12.3 Å². The number of hydrogen-bond acceptors (Lipinski definition) is 6. The van der Waals surface area contributed by atoms with Crippen LogP contribution in [-0.2, 0) is 4.79 Å². The first-order chi connectivity index (χ1) is 17.1. The van der Waals surface area contributed by atoms with Gasteiger partial charge in [-0.3, -0.25) is 19.1 Å². The van der Waals surface area contributed by atoms with Crippen molar-refractivity contribution in [2.45, 2.75) is 49.8 Å². The van der Waals surface area contributed by atoms with Crippen molar-refractivity contribution in [3.8, 4) is 5.69 Å². The highest BCUT2D eigenvalue weighted by Crippen LogP contribution is 2.36. The molecule has 2 aliphatic heterocycles. The van der Waals surface area contributed by atoms with Crippen LogP contribution in [0.15, 0.2) is 64.9 Å². The van der Waals surface area contributed by atoms with Gasteiger partial charge >= 0.3 is 0 Å². The summed E-state index contributed by atoms with van der Waals surface area (Å²) in [5.74, 6) is 0.739. The van der Waals surface area contributed by atoms with Gasteiger partial charge in [0.1, 0.15) is 5.39 Å². The number of piperidine rings is 1. The van der Waals surface area contributed by atoms with Crippen molar-refractivity contribution in [1.82, 2.24) is 29.2 Å². The molecular weight excluding hydrogens is 460 g/mol. The Labute approximate surface area is 207 Å². The predicted molar refractivity (Wildman–Crippen MR) is 135 cm³/mol. The molecule has 2 atom stereocenters. The number of amides is 1. The van der Waals surface area contributed by atoms with Gasteiger partial charge in [-0.05, 0) is 55.5 Å². The number of likely N-dealkylation sites (tertiary alicyclic amines) is 1. The number of rotatable bonds is 4. The molecule has 1 amide bonds. The normalized spacial score (nSPS) is 19.7. The molecule has 4 aromatic rings. The molecule has 0 spiro atoms. The Bertz CT molecular complexity index is 1460. The predicted octanol–water partition coefficient (Wildman–Crippen LogP) is 4.08. The largest absolute Gasteiger partial charge is 0.336 e. The van der Waals surface area contributed by atoms with E-state index in [9.17, 15) is 9.59 Å². The molecule has 2 aliphatic rings. The minimum Gasteiger partial charge on any atom is -0.336 e. The van der Waals surface area contributed by atoms with Crippen molar-refractivity contribution in [1.29, 1.82) is 0 Å². The van der Waals surface area contributed by atoms with Crippen LogP contribution in [0.4, 0.5) is 0 Å². The molecule has 0 saturated carbocycles. The molecule has 0 N–H and O–H groups in total. The quantitative estimate of drug-likeness (QED) is 0.404. The van der Waals surface area contributed by atoms with Crippen LogP contribution in [0, 0.1) is 6.92 Å². The standard InChI is InChI=1S/C26H26N6O2S/c1-17-6-4-8-19(12-17)32-24-21(15-28-32)25(34)31-20(16-35-26(31)29-24)13-23(33)30-11-3-2-9-22(30)18-7-5-10-27-14-18/h4-8,10,12,14-15,20,22H,2-3,9,11,13,16H2,1H3. The van der Waals surface area contributed by atoms with Gasteiger partial charge in [0, 0.05) is 31.1 Å². The van der Waals surface area contributed by atoms with Crippen molar-refractivity contribution >= 4 is 28.7 Å². The van der Waals surface area contributed by atoms with E-state index >= 15 is 0 Å². The molecule has 8 nitrogen and oxygen atoms in total. The van der Waals surface area contributed by atoms with Gasteiger partial charge in [-0.2, -0.15) is 5.10 Å². The van der Waals surface area contributed by atoms with E-state index in [0.717, 1.165) is 42.6 Å². The maximum absolute atomic E-state index is 13.5. The number of aromatic nitrogens is 5. The number of nitrogens with zero attached hydrogens (tertiary/aromatic N) is 6. The summed E-state index contributed by atoms with van der Waals surface area (Å²) < 4.78 is 3.42. The second-order valence-corrected chi connectivity index (χ2v) is 10.2. The van der Waals surface area contributed by atoms with Gasteiger partial charge in [0.2, 0.25) is 5.91 Å². The zero-order valence-corrected chi connectivity index (χ0v) is 20.3. The fourth-order valence-electron chi connectivity index (χ4n) is 5.20. The lowest BCUT2D eigenvalue weighted by atomic mass is 9.95. The van der Waals surface area contributed by atoms with Gasteiger partial charge < -0.3 is 4.90 Å². The van der Waals surface area contributed by atoms with Gasteiger partial charge in [0.15, 0.2) is 10.8 Å². The van der Waals surface area contributed by atoms with Crippen LogP contribution in [0.1, 0.15) is 48.9 Å². The lowest BCUT2D eigenvalue weighted by molar-refractivity contribution is -0.135. The number of thioether (sulfide) groups is 1. The van der Waals surface area contributed by atoms with E-state index in [1.165, 1.54) is 11.8 Å². The monoisotopic (exact) mass is 486 g/mol. The highest BCUT2D eigenvalue weighted by atomic mass is 32.2. The van der Waals surface area contributed by atoms with Gasteiger partial charge in [0.05, 0.1) is 24.0 Å². The molecule has 5 heterocycles. The molecule has 1 aromatic carbocycles. The molecule has 0 radical (unpaired) electrons. The first-order valence-electron chi connectivity index (χ1n) is 12.0. The Morgan fingerprint density at radius 3 is 2.91 bits per heavy atom. The van der Waals surface area contributed by atoms with E-state index in [4.69, 9.17) is 4.98 Å². The van der Waals surface area contributed by atoms with E-state index in [1.54, 1.807) is 21.6 Å². The van der Waals surface area contributed by atoms with Crippen LogP contribution < -0.4 is 5.56 Å². The second kappa shape index (κ2) is 8.96. The van der Waals surface area contributed by atoms with Crippen LogP contribution >= 0.6 is 11.8 Å². The van der Waals surface area contributed by atoms with Gasteiger partial charge in [-0.1, -0.05) is 30.0 Å². The minimum absolute atomic E-state index is 0.0448. The number of aryl methyl sites for hydroxylation is 1. The first-order valence-corrected chi connectivity index (χ1v) is 13.0. The molecule has 1 saturated heterocycles. The number of carbonyl (C=O) groups is 1. The fourth-order valence-corrected chi connectivity index (χ4v) is 6.33. The smallest absolute Gasteiger partial charge is 0.265 e. The van der Waals surface area contributed by atoms with Gasteiger partial charge in [-0.25, -0.2) is 9.67 Å². The summed E-state index contributed by atoms with van der Waals surface area (Å²) in [6, 6.07) is 11.8. The summed E-state index contributed by atoms with van der Waals surface area (Å²) in [5.41, 5.74) is 3.48. The zero-order chi connectivity index (χ0) is 23.9. The highest BCUT2D eigenvalue weighted by molar-refractivity contribution is 7.99. The molecule has 3 aromatic heterocycles. The van der Waals surface area contributed by atoms with Crippen LogP contribution in [0.25, 0.3) is 16.7 Å². The van der Waals surface area contributed by atoms with Gasteiger partial charge in [0.25, 0.3) is 5.56 Å². The topological polar surface area (TPSA) is 85.9 Å². The van der Waals surface area contributed by atoms with Crippen LogP contribution in [0.2, 0.25) is 0 Å². The molecule has 2 unspecified atom stereocenters. The molecule has 9 heteroatoms. The summed E-state index contributed by atoms with van der Waals surface area (Å²) in [7, 11) is 0. The Kier molecular flexibility index (Phi) is 5.64. The summed E-state index contributed by atoms with van der Waals surface area (Å²) in [4.78, 5) is 38.0. The first kappa shape index (κ1) is 22.0. The summed E-state index contributed by atoms with van der Waals surface area (Å²) in [6.45, 7) is 2.76. The number of fused-ring (bicyclic) bond motifs is 2. The van der Waals surface area contributed by atoms with E-state index in [0.29, 0.717) is 21.9 Å². The third-order valence-electron chi connectivity index (χ3n) is 6.92. The maximum Gasteiger partial charge on any atom is 0.265 e. The molecular formula is C26H26N6O2S. The fraction of sp³-hybridized carbons (Fsp3) is 0.346.